The minimum Gasteiger partial charge on any atom is -0.465 e. The van der Waals surface area contributed by atoms with Crippen molar-refractivity contribution in [2.24, 2.45) is 0 Å². The molecule has 1 unspecified atom stereocenters. The molecule has 1 aliphatic rings. The number of rotatable bonds is 5. The van der Waals surface area contributed by atoms with Crippen LogP contribution >= 0.6 is 0 Å². The molecular formula is C17H24FNO2. The number of hydrogen-bond donors (Lipinski definition) is 0. The van der Waals surface area contributed by atoms with E-state index in [2.05, 4.69) is 16.6 Å². The highest BCUT2D eigenvalue weighted by atomic mass is 19.1. The van der Waals surface area contributed by atoms with Gasteiger partial charge in [0.2, 0.25) is 0 Å². The normalized spacial score (nSPS) is 19.5. The largest absolute Gasteiger partial charge is 0.465 e. The van der Waals surface area contributed by atoms with Gasteiger partial charge in [0.15, 0.2) is 0 Å². The third kappa shape index (κ3) is 4.03. The number of likely N-dealkylation sites (tertiary alicyclic amines) is 1. The van der Waals surface area contributed by atoms with Gasteiger partial charge in [-0.25, -0.2) is 9.18 Å². The van der Waals surface area contributed by atoms with Crippen molar-refractivity contribution in [3.63, 3.8) is 0 Å². The number of piperidine rings is 1. The predicted octanol–water partition coefficient (Wildman–Crippen LogP) is 3.77. The molecule has 1 aromatic carbocycles. The number of hydrogen-bond acceptors (Lipinski definition) is 3. The maximum Gasteiger partial charge on any atom is 0.340 e. The molecule has 1 heterocycles. The molecule has 116 valence electrons. The van der Waals surface area contributed by atoms with E-state index in [0.29, 0.717) is 6.04 Å². The van der Waals surface area contributed by atoms with Gasteiger partial charge in [0.25, 0.3) is 0 Å². The van der Waals surface area contributed by atoms with Crippen molar-refractivity contribution in [1.82, 2.24) is 4.90 Å². The molecule has 0 saturated carbocycles. The minimum absolute atomic E-state index is 0.00463. The van der Waals surface area contributed by atoms with Crippen LogP contribution in [0.15, 0.2) is 18.2 Å². The monoisotopic (exact) mass is 293 g/mol. The van der Waals surface area contributed by atoms with Crippen LogP contribution in [0.1, 0.15) is 54.9 Å². The fraction of sp³-hybridized carbons (Fsp3) is 0.588. The fourth-order valence-electron chi connectivity index (χ4n) is 3.10. The van der Waals surface area contributed by atoms with Gasteiger partial charge in [-0.15, -0.1) is 0 Å². The van der Waals surface area contributed by atoms with E-state index in [4.69, 9.17) is 0 Å². The van der Waals surface area contributed by atoms with Crippen LogP contribution in [-0.2, 0) is 11.3 Å². The topological polar surface area (TPSA) is 29.5 Å². The van der Waals surface area contributed by atoms with Crippen molar-refractivity contribution in [1.29, 1.82) is 0 Å². The lowest BCUT2D eigenvalue weighted by molar-refractivity contribution is 0.0595. The molecule has 0 N–H and O–H groups in total. The van der Waals surface area contributed by atoms with Crippen molar-refractivity contribution in [2.75, 3.05) is 13.7 Å². The summed E-state index contributed by atoms with van der Waals surface area (Å²) in [7, 11) is 1.26. The summed E-state index contributed by atoms with van der Waals surface area (Å²) in [4.78, 5) is 13.8. The maximum absolute atomic E-state index is 14.0. The van der Waals surface area contributed by atoms with Crippen molar-refractivity contribution < 1.29 is 13.9 Å². The van der Waals surface area contributed by atoms with E-state index in [9.17, 15) is 9.18 Å². The molecule has 0 radical (unpaired) electrons. The standard InChI is InChI=1S/C17H24FNO2/c1-3-6-14-7-4-5-10-19(14)12-13-8-9-15(16(18)11-13)17(20)21-2/h8-9,11,14H,3-7,10,12H2,1-2H3. The van der Waals surface area contributed by atoms with Gasteiger partial charge in [0.05, 0.1) is 12.7 Å². The second-order valence-corrected chi connectivity index (χ2v) is 5.71. The Labute approximate surface area is 126 Å². The number of carbonyl (C=O) groups is 1. The van der Waals surface area contributed by atoms with Gasteiger partial charge >= 0.3 is 5.97 Å². The molecule has 1 aromatic rings. The van der Waals surface area contributed by atoms with Crippen molar-refractivity contribution in [2.45, 2.75) is 51.6 Å². The van der Waals surface area contributed by atoms with Gasteiger partial charge in [0.1, 0.15) is 5.82 Å². The second-order valence-electron chi connectivity index (χ2n) is 5.71. The van der Waals surface area contributed by atoms with Crippen LogP contribution in [0.5, 0.6) is 0 Å². The fourth-order valence-corrected chi connectivity index (χ4v) is 3.10. The van der Waals surface area contributed by atoms with Gasteiger partial charge in [0, 0.05) is 12.6 Å². The molecule has 1 fully saturated rings. The third-order valence-electron chi connectivity index (χ3n) is 4.20. The van der Waals surface area contributed by atoms with Gasteiger partial charge < -0.3 is 4.74 Å². The number of ether oxygens (including phenoxy) is 1. The molecule has 1 aliphatic heterocycles. The molecule has 0 amide bonds. The summed E-state index contributed by atoms with van der Waals surface area (Å²) in [5.41, 5.74) is 0.924. The SMILES string of the molecule is CCCC1CCCCN1Cc1ccc(C(=O)OC)c(F)c1. The highest BCUT2D eigenvalue weighted by molar-refractivity contribution is 5.89. The predicted molar refractivity (Wildman–Crippen MR) is 80.7 cm³/mol. The van der Waals surface area contributed by atoms with Crippen LogP contribution in [0.25, 0.3) is 0 Å². The summed E-state index contributed by atoms with van der Waals surface area (Å²) in [5.74, 6) is -1.12. The van der Waals surface area contributed by atoms with Crippen molar-refractivity contribution >= 4 is 5.97 Å². The molecule has 1 saturated heterocycles. The summed E-state index contributed by atoms with van der Waals surface area (Å²) < 4.78 is 18.5. The van der Waals surface area contributed by atoms with E-state index >= 15 is 0 Å². The Kier molecular flexibility index (Phi) is 5.74. The van der Waals surface area contributed by atoms with Crippen molar-refractivity contribution in [3.05, 3.63) is 35.1 Å². The Morgan fingerprint density at radius 3 is 2.90 bits per heavy atom. The molecule has 0 bridgehead atoms. The van der Waals surface area contributed by atoms with E-state index in [1.54, 1.807) is 0 Å². The number of carbonyl (C=O) groups excluding carboxylic acids is 1. The van der Waals surface area contributed by atoms with Crippen LogP contribution < -0.4 is 0 Å². The molecular weight excluding hydrogens is 269 g/mol. The zero-order valence-electron chi connectivity index (χ0n) is 12.9. The van der Waals surface area contributed by atoms with E-state index in [1.807, 2.05) is 6.07 Å². The number of methoxy groups -OCH3 is 1. The molecule has 21 heavy (non-hydrogen) atoms. The summed E-state index contributed by atoms with van der Waals surface area (Å²) >= 11 is 0. The Morgan fingerprint density at radius 2 is 2.24 bits per heavy atom. The van der Waals surface area contributed by atoms with Crippen LogP contribution in [0.3, 0.4) is 0 Å². The lowest BCUT2D eigenvalue weighted by atomic mass is 9.97. The van der Waals surface area contributed by atoms with Crippen molar-refractivity contribution in [3.8, 4) is 0 Å². The summed E-state index contributed by atoms with van der Waals surface area (Å²) in [6, 6.07) is 5.42. The maximum atomic E-state index is 14.0. The second kappa shape index (κ2) is 7.55. The molecule has 3 nitrogen and oxygen atoms in total. The van der Waals surface area contributed by atoms with Gasteiger partial charge in [-0.2, -0.15) is 0 Å². The number of halogens is 1. The first-order chi connectivity index (χ1) is 10.2. The van der Waals surface area contributed by atoms with Crippen LogP contribution in [-0.4, -0.2) is 30.6 Å². The van der Waals surface area contributed by atoms with Gasteiger partial charge in [-0.3, -0.25) is 4.90 Å². The summed E-state index contributed by atoms with van der Waals surface area (Å²) in [5, 5.41) is 0. The first-order valence-corrected chi connectivity index (χ1v) is 7.76. The molecule has 2 rings (SSSR count). The molecule has 1 atom stereocenters. The van der Waals surface area contributed by atoms with Gasteiger partial charge in [-0.05, 0) is 43.5 Å². The quantitative estimate of drug-likeness (QED) is 0.774. The van der Waals surface area contributed by atoms with Crippen LogP contribution in [0.2, 0.25) is 0 Å². The summed E-state index contributed by atoms with van der Waals surface area (Å²) in [6.07, 6.45) is 6.11. The average Bonchev–Trinajstić information content (AvgIpc) is 2.49. The van der Waals surface area contributed by atoms with Gasteiger partial charge in [-0.1, -0.05) is 25.8 Å². The first kappa shape index (κ1) is 16.0. The van der Waals surface area contributed by atoms with E-state index in [0.717, 1.165) is 18.7 Å². The van der Waals surface area contributed by atoms with E-state index < -0.39 is 11.8 Å². The number of nitrogens with zero attached hydrogens (tertiary/aromatic N) is 1. The average molecular weight is 293 g/mol. The van der Waals surface area contributed by atoms with E-state index in [-0.39, 0.29) is 5.56 Å². The van der Waals surface area contributed by atoms with Crippen LogP contribution in [0.4, 0.5) is 4.39 Å². The molecule has 0 aromatic heterocycles. The Hall–Kier alpha value is -1.42. The minimum atomic E-state index is -0.624. The number of benzene rings is 1. The lowest BCUT2D eigenvalue weighted by Gasteiger charge is -2.35. The Bertz CT molecular complexity index is 488. The smallest absolute Gasteiger partial charge is 0.340 e. The highest BCUT2D eigenvalue weighted by Crippen LogP contribution is 2.23. The zero-order valence-corrected chi connectivity index (χ0v) is 12.9. The molecule has 4 heteroatoms. The Balaban J connectivity index is 2.08. The first-order valence-electron chi connectivity index (χ1n) is 7.76. The third-order valence-corrected chi connectivity index (χ3v) is 4.20. The number of esters is 1. The summed E-state index contributed by atoms with van der Waals surface area (Å²) in [6.45, 7) is 4.03. The Morgan fingerprint density at radius 1 is 1.43 bits per heavy atom. The zero-order chi connectivity index (χ0) is 15.2. The molecule has 0 spiro atoms. The van der Waals surface area contributed by atoms with Crippen LogP contribution in [0, 0.1) is 5.82 Å². The highest BCUT2D eigenvalue weighted by Gasteiger charge is 2.22. The van der Waals surface area contributed by atoms with E-state index in [1.165, 1.54) is 51.3 Å². The molecule has 0 aliphatic carbocycles. The lowest BCUT2D eigenvalue weighted by Crippen LogP contribution is -2.38.